The number of amides is 1. The van der Waals surface area contributed by atoms with E-state index in [2.05, 4.69) is 10.6 Å². The normalized spacial score (nSPS) is 11.0. The third-order valence-electron chi connectivity index (χ3n) is 3.90. The van der Waals surface area contributed by atoms with Crippen LogP contribution in [0.5, 0.6) is 5.75 Å². The average molecular weight is 379 g/mol. The molecule has 5 N–H and O–H groups in total. The third kappa shape index (κ3) is 3.94. The molecule has 0 saturated carbocycles. The Labute approximate surface area is 160 Å². The minimum atomic E-state index is -0.581. The summed E-state index contributed by atoms with van der Waals surface area (Å²) in [5.74, 6) is -0.469. The first-order valence-corrected chi connectivity index (χ1v) is 8.31. The number of nitriles is 1. The minimum Gasteiger partial charge on any atom is -0.507 e. The van der Waals surface area contributed by atoms with Crippen molar-refractivity contribution in [3.8, 4) is 11.8 Å². The molecule has 134 valence electrons. The highest BCUT2D eigenvalue weighted by Gasteiger charge is 2.12. The topological polar surface area (TPSA) is 111 Å². The summed E-state index contributed by atoms with van der Waals surface area (Å²) in [6.45, 7) is 0. The Balaban J connectivity index is 1.83. The average Bonchev–Trinajstić information content (AvgIpc) is 2.66. The van der Waals surface area contributed by atoms with Crippen LogP contribution in [0.2, 0.25) is 5.02 Å². The van der Waals surface area contributed by atoms with Gasteiger partial charge in [0.15, 0.2) is 0 Å². The number of benzene rings is 3. The number of phenolic OH excluding ortho intramolecular Hbond substituents is 1. The molecule has 0 heterocycles. The second kappa shape index (κ2) is 7.68. The standard InChI is InChI=1S/C20H15ClN4O2/c21-16-9-13(7-8-17(16)23)24-11-12(10-22)20(27)25-18-5-1-4-15-14(18)3-2-6-19(15)26/h1-9,11,24,26H,23H2,(H,25,27)/b12-11-. The Bertz CT molecular complexity index is 1100. The number of nitrogen functional groups attached to an aromatic ring is 1. The van der Waals surface area contributed by atoms with Gasteiger partial charge in [0.2, 0.25) is 0 Å². The number of nitrogens with two attached hydrogens (primary N) is 1. The predicted octanol–water partition coefficient (Wildman–Crippen LogP) is 4.24. The smallest absolute Gasteiger partial charge is 0.267 e. The Morgan fingerprint density at radius 3 is 2.63 bits per heavy atom. The lowest BCUT2D eigenvalue weighted by Gasteiger charge is -2.09. The van der Waals surface area contributed by atoms with Crippen LogP contribution in [0.4, 0.5) is 17.1 Å². The van der Waals surface area contributed by atoms with Gasteiger partial charge in [0, 0.05) is 28.3 Å². The predicted molar refractivity (Wildman–Crippen MR) is 107 cm³/mol. The molecule has 0 atom stereocenters. The van der Waals surface area contributed by atoms with Gasteiger partial charge in [0.25, 0.3) is 5.91 Å². The Morgan fingerprint density at radius 2 is 1.89 bits per heavy atom. The SMILES string of the molecule is N#C/C(=C/Nc1ccc(N)c(Cl)c1)C(=O)Nc1cccc2c(O)cccc12. The first kappa shape index (κ1) is 18.1. The number of nitrogens with zero attached hydrogens (tertiary/aromatic N) is 1. The van der Waals surface area contributed by atoms with Crippen LogP contribution in [-0.2, 0) is 4.79 Å². The van der Waals surface area contributed by atoms with E-state index in [1.54, 1.807) is 54.6 Å². The van der Waals surface area contributed by atoms with Crippen molar-refractivity contribution in [2.45, 2.75) is 0 Å². The molecule has 0 aliphatic carbocycles. The van der Waals surface area contributed by atoms with E-state index in [0.717, 1.165) is 0 Å². The van der Waals surface area contributed by atoms with Gasteiger partial charge < -0.3 is 21.5 Å². The molecule has 1 amide bonds. The summed E-state index contributed by atoms with van der Waals surface area (Å²) in [5.41, 5.74) is 7.04. The number of nitrogens with one attached hydrogen (secondary N) is 2. The summed E-state index contributed by atoms with van der Waals surface area (Å²) in [7, 11) is 0. The Hall–Kier alpha value is -3.69. The van der Waals surface area contributed by atoms with Crippen molar-refractivity contribution in [1.82, 2.24) is 0 Å². The maximum absolute atomic E-state index is 12.5. The van der Waals surface area contributed by atoms with Crippen molar-refractivity contribution >= 4 is 45.3 Å². The maximum Gasteiger partial charge on any atom is 0.267 e. The van der Waals surface area contributed by atoms with Gasteiger partial charge >= 0.3 is 0 Å². The third-order valence-corrected chi connectivity index (χ3v) is 4.22. The van der Waals surface area contributed by atoms with Crippen molar-refractivity contribution < 1.29 is 9.90 Å². The van der Waals surface area contributed by atoms with Crippen molar-refractivity contribution in [3.63, 3.8) is 0 Å². The molecule has 3 aromatic carbocycles. The Morgan fingerprint density at radius 1 is 1.15 bits per heavy atom. The van der Waals surface area contributed by atoms with E-state index >= 15 is 0 Å². The monoisotopic (exact) mass is 378 g/mol. The number of hydrogen-bond acceptors (Lipinski definition) is 5. The highest BCUT2D eigenvalue weighted by atomic mass is 35.5. The molecule has 0 spiro atoms. The summed E-state index contributed by atoms with van der Waals surface area (Å²) in [6.07, 6.45) is 1.29. The molecule has 6 nitrogen and oxygen atoms in total. The van der Waals surface area contributed by atoms with E-state index in [1.807, 2.05) is 6.07 Å². The quantitative estimate of drug-likeness (QED) is 0.308. The van der Waals surface area contributed by atoms with Gasteiger partial charge in [-0.25, -0.2) is 0 Å². The largest absolute Gasteiger partial charge is 0.507 e. The minimum absolute atomic E-state index is 0.113. The zero-order valence-electron chi connectivity index (χ0n) is 14.0. The van der Waals surface area contributed by atoms with Crippen LogP contribution in [-0.4, -0.2) is 11.0 Å². The van der Waals surface area contributed by atoms with Crippen molar-refractivity contribution in [3.05, 3.63) is 71.4 Å². The van der Waals surface area contributed by atoms with Crippen molar-refractivity contribution in [2.75, 3.05) is 16.4 Å². The number of fused-ring (bicyclic) bond motifs is 1. The molecule has 0 bridgehead atoms. The van der Waals surface area contributed by atoms with Gasteiger partial charge in [0.1, 0.15) is 17.4 Å². The molecule has 27 heavy (non-hydrogen) atoms. The van der Waals surface area contributed by atoms with Crippen LogP contribution >= 0.6 is 11.6 Å². The van der Waals surface area contributed by atoms with E-state index in [1.165, 1.54) is 6.20 Å². The number of rotatable bonds is 4. The zero-order valence-corrected chi connectivity index (χ0v) is 14.8. The van der Waals surface area contributed by atoms with Gasteiger partial charge in [-0.3, -0.25) is 4.79 Å². The van der Waals surface area contributed by atoms with Gasteiger partial charge in [-0.1, -0.05) is 35.9 Å². The van der Waals surface area contributed by atoms with Gasteiger partial charge in [0.05, 0.1) is 10.7 Å². The van der Waals surface area contributed by atoms with Crippen LogP contribution < -0.4 is 16.4 Å². The van der Waals surface area contributed by atoms with Gasteiger partial charge in [-0.15, -0.1) is 0 Å². The number of carbonyl (C=O) groups excluding carboxylic acids is 1. The second-order valence-corrected chi connectivity index (χ2v) is 6.09. The number of hydrogen-bond donors (Lipinski definition) is 4. The fraction of sp³-hybridized carbons (Fsp3) is 0. The molecular formula is C20H15ClN4O2. The van der Waals surface area contributed by atoms with Crippen LogP contribution in [0.3, 0.4) is 0 Å². The lowest BCUT2D eigenvalue weighted by molar-refractivity contribution is -0.112. The molecule has 0 unspecified atom stereocenters. The fourth-order valence-electron chi connectivity index (χ4n) is 2.51. The van der Waals surface area contributed by atoms with Crippen LogP contribution in [0.1, 0.15) is 0 Å². The Kier molecular flexibility index (Phi) is 5.15. The number of aromatic hydroxyl groups is 1. The molecule has 0 saturated heterocycles. The van der Waals surface area contributed by atoms with E-state index in [9.17, 15) is 15.2 Å². The zero-order chi connectivity index (χ0) is 19.4. The van der Waals surface area contributed by atoms with Crippen molar-refractivity contribution in [1.29, 1.82) is 5.26 Å². The van der Waals surface area contributed by atoms with E-state index in [-0.39, 0.29) is 11.3 Å². The molecule has 0 fully saturated rings. The lowest BCUT2D eigenvalue weighted by atomic mass is 10.1. The first-order valence-electron chi connectivity index (χ1n) is 7.93. The second-order valence-electron chi connectivity index (χ2n) is 5.68. The number of halogens is 1. The molecule has 0 aliphatic rings. The van der Waals surface area contributed by atoms with E-state index in [4.69, 9.17) is 17.3 Å². The lowest BCUT2D eigenvalue weighted by Crippen LogP contribution is -2.14. The van der Waals surface area contributed by atoms with Crippen LogP contribution in [0.15, 0.2) is 66.4 Å². The summed E-state index contributed by atoms with van der Waals surface area (Å²) < 4.78 is 0. The van der Waals surface area contributed by atoms with E-state index < -0.39 is 5.91 Å². The van der Waals surface area contributed by atoms with Crippen LogP contribution in [0, 0.1) is 11.3 Å². The first-order chi connectivity index (χ1) is 13.0. The molecule has 3 rings (SSSR count). The molecular weight excluding hydrogens is 364 g/mol. The van der Waals surface area contributed by atoms with Crippen LogP contribution in [0.25, 0.3) is 10.8 Å². The molecule has 0 aliphatic heterocycles. The summed E-state index contributed by atoms with van der Waals surface area (Å²) in [5, 5.41) is 26.4. The number of phenols is 1. The van der Waals surface area contributed by atoms with Crippen molar-refractivity contribution in [2.24, 2.45) is 0 Å². The molecule has 7 heteroatoms. The number of carbonyl (C=O) groups is 1. The number of anilines is 3. The maximum atomic E-state index is 12.5. The highest BCUT2D eigenvalue weighted by Crippen LogP contribution is 2.30. The molecule has 0 radical (unpaired) electrons. The van der Waals surface area contributed by atoms with E-state index in [0.29, 0.717) is 32.9 Å². The van der Waals surface area contributed by atoms with Gasteiger partial charge in [-0.05, 0) is 30.3 Å². The summed E-state index contributed by atoms with van der Waals surface area (Å²) in [4.78, 5) is 12.5. The highest BCUT2D eigenvalue weighted by molar-refractivity contribution is 6.33. The summed E-state index contributed by atoms with van der Waals surface area (Å²) >= 11 is 5.95. The molecule has 3 aromatic rings. The van der Waals surface area contributed by atoms with Gasteiger partial charge in [-0.2, -0.15) is 5.26 Å². The fourth-order valence-corrected chi connectivity index (χ4v) is 2.69. The molecule has 0 aromatic heterocycles. The summed E-state index contributed by atoms with van der Waals surface area (Å²) in [6, 6.07) is 16.9.